The zero-order valence-electron chi connectivity index (χ0n) is 24.6. The van der Waals surface area contributed by atoms with Crippen molar-refractivity contribution < 1.29 is 42.3 Å². The Hall–Kier alpha value is -2.62. The molecule has 8 rings (SSSR count). The van der Waals surface area contributed by atoms with Crippen LogP contribution in [0.15, 0.2) is 23.8 Å². The van der Waals surface area contributed by atoms with Crippen LogP contribution < -0.4 is 17.0 Å². The highest BCUT2D eigenvalue weighted by Gasteiger charge is 2.58. The van der Waals surface area contributed by atoms with Gasteiger partial charge in [0.1, 0.15) is 23.3 Å². The predicted octanol–water partition coefficient (Wildman–Crippen LogP) is 0.612. The van der Waals surface area contributed by atoms with E-state index in [9.17, 15) is 29.0 Å². The van der Waals surface area contributed by atoms with Crippen LogP contribution in [0.2, 0.25) is 0 Å². The molecule has 2 aliphatic heterocycles. The number of fused-ring (bicyclic) bond motifs is 8. The fourth-order valence-corrected chi connectivity index (χ4v) is 11.7. The minimum absolute atomic E-state index is 0.0362. The smallest absolute Gasteiger partial charge is 0.390 e. The third-order valence-corrected chi connectivity index (χ3v) is 13.7. The lowest BCUT2D eigenvalue weighted by Crippen LogP contribution is -2.51. The molecule has 4 bridgehead atoms. The first-order valence-electron chi connectivity index (χ1n) is 14.8. The third kappa shape index (κ3) is 5.38. The number of phosphoric acid groups is 1. The van der Waals surface area contributed by atoms with Crippen molar-refractivity contribution >= 4 is 72.7 Å². The number of anilines is 2. The Morgan fingerprint density at radius 3 is 2.48 bits per heavy atom. The normalized spacial score (nSPS) is 40.3. The molecule has 2 aliphatic carbocycles. The Bertz CT molecular complexity index is 2070. The van der Waals surface area contributed by atoms with Gasteiger partial charge in [-0.15, -0.1) is 11.8 Å². The zero-order valence-corrected chi connectivity index (χ0v) is 28.1. The molecule has 48 heavy (non-hydrogen) atoms. The lowest BCUT2D eigenvalue weighted by molar-refractivity contribution is -0.0997. The van der Waals surface area contributed by atoms with Crippen molar-refractivity contribution in [3.8, 4) is 0 Å². The Balaban J connectivity index is 1.15. The number of thioether (sulfide) groups is 1. The van der Waals surface area contributed by atoms with Gasteiger partial charge in [0.15, 0.2) is 22.6 Å². The van der Waals surface area contributed by atoms with Gasteiger partial charge in [-0.1, -0.05) is 12.2 Å². The molecule has 4 aromatic rings. The fourth-order valence-electron chi connectivity index (χ4n) is 7.52. The number of nitrogens with one attached hydrogen (secondary N) is 1. The SMILES string of the molecule is Nc1nc2c(ncn2[C@@H]2S[C@@H]3CO[P@@](=O)(S)O[C@H]4[C@@H](O)[C@@H]5CC[C@H](C5n5cnc6c(N)ncnc65)[C@@H]4COP(=O)(O)O[C@@H]2[C@@H]3O)c(=O)[nH]1. The van der Waals surface area contributed by atoms with Crippen LogP contribution >= 0.6 is 38.6 Å². The maximum absolute atomic E-state index is 13.7. The van der Waals surface area contributed by atoms with Crippen LogP contribution in [-0.2, 0) is 27.2 Å². The van der Waals surface area contributed by atoms with Crippen LogP contribution in [0.1, 0.15) is 24.3 Å². The van der Waals surface area contributed by atoms with Crippen LogP contribution in [0.5, 0.6) is 0 Å². The van der Waals surface area contributed by atoms with Gasteiger partial charge in [-0.25, -0.2) is 29.1 Å². The number of thiol groups is 1. The van der Waals surface area contributed by atoms with E-state index in [1.807, 2.05) is 0 Å². The molecule has 0 aromatic carbocycles. The van der Waals surface area contributed by atoms with Crippen LogP contribution in [0, 0.1) is 17.8 Å². The van der Waals surface area contributed by atoms with Crippen molar-refractivity contribution in [2.24, 2.45) is 17.8 Å². The summed E-state index contributed by atoms with van der Waals surface area (Å²) < 4.78 is 53.3. The maximum atomic E-state index is 13.7. The molecule has 2 unspecified atom stereocenters. The summed E-state index contributed by atoms with van der Waals surface area (Å²) in [6, 6.07) is -0.418. The second-order valence-electron chi connectivity index (χ2n) is 12.1. The number of aromatic nitrogens is 8. The van der Waals surface area contributed by atoms with E-state index in [0.717, 1.165) is 11.8 Å². The summed E-state index contributed by atoms with van der Waals surface area (Å²) in [5.41, 5.74) is 12.0. The van der Waals surface area contributed by atoms with Crippen molar-refractivity contribution in [2.45, 2.75) is 53.9 Å². The highest BCUT2D eigenvalue weighted by Crippen LogP contribution is 2.63. The van der Waals surface area contributed by atoms with E-state index in [-0.39, 0.29) is 28.8 Å². The van der Waals surface area contributed by atoms with Gasteiger partial charge in [0.25, 0.3) is 5.56 Å². The number of aliphatic hydroxyl groups is 2. The quantitative estimate of drug-likeness (QED) is 0.109. The third-order valence-electron chi connectivity index (χ3n) is 9.55. The number of H-pyrrole nitrogens is 1. The number of hydrogen-bond donors (Lipinski definition) is 7. The average Bonchev–Trinajstić information content (AvgIpc) is 3.79. The molecule has 258 valence electrons. The summed E-state index contributed by atoms with van der Waals surface area (Å²) in [5, 5.41) is 21.1. The predicted molar refractivity (Wildman–Crippen MR) is 172 cm³/mol. The van der Waals surface area contributed by atoms with E-state index in [1.54, 1.807) is 10.9 Å². The number of aromatic amines is 1. The first-order valence-corrected chi connectivity index (χ1v) is 19.9. The van der Waals surface area contributed by atoms with Crippen LogP contribution in [0.3, 0.4) is 0 Å². The molecule has 0 spiro atoms. The summed E-state index contributed by atoms with van der Waals surface area (Å²) in [6.45, 7) is -5.10. The van der Waals surface area contributed by atoms with Crippen molar-refractivity contribution in [3.05, 3.63) is 29.3 Å². The van der Waals surface area contributed by atoms with Crippen molar-refractivity contribution in [2.75, 3.05) is 24.7 Å². The molecule has 24 heteroatoms. The summed E-state index contributed by atoms with van der Waals surface area (Å²) >= 11 is 5.23. The van der Waals surface area contributed by atoms with E-state index in [2.05, 4.69) is 42.2 Å². The van der Waals surface area contributed by atoms with Gasteiger partial charge in [-0.05, 0) is 18.8 Å². The molecule has 0 radical (unpaired) electrons. The molecule has 6 heterocycles. The van der Waals surface area contributed by atoms with Crippen molar-refractivity contribution in [1.82, 2.24) is 39.0 Å². The van der Waals surface area contributed by atoms with Gasteiger partial charge in [0.05, 0.1) is 49.4 Å². The van der Waals surface area contributed by atoms with Crippen LogP contribution in [0.4, 0.5) is 11.8 Å². The van der Waals surface area contributed by atoms with E-state index >= 15 is 0 Å². The van der Waals surface area contributed by atoms with Crippen molar-refractivity contribution in [1.29, 1.82) is 0 Å². The number of nitrogen functional groups attached to an aromatic ring is 2. The highest BCUT2D eigenvalue weighted by molar-refractivity contribution is 8.44. The zero-order chi connectivity index (χ0) is 33.7. The molecular weight excluding hydrogens is 714 g/mol. The summed E-state index contributed by atoms with van der Waals surface area (Å²) in [6.07, 6.45) is -0.116. The first kappa shape index (κ1) is 32.6. The standard InChI is InChI=1S/C24H30N10O10P2S2/c25-19-12-20(28-5-27-19)33(6-29-12)14-8-1-2-9(14)15(35)17-10(8)3-41-45(38,39)43-18-16(36)11(4-42-46(40,47)44-17)48-23(18)34-7-30-13-21(34)31-24(26)32-22(13)37/h5-11,14-18,23,35-36H,1-4H2,(H,38,39)(H,40,47)(H2,25,27,28)(H3,26,31,32,37)/t8-,9+,10-,11+,14?,15-,16+,17+,18+,23+,46+/m0/s1. The molecule has 2 saturated heterocycles. The van der Waals surface area contributed by atoms with E-state index in [1.165, 1.54) is 17.2 Å². The van der Waals surface area contributed by atoms with Gasteiger partial charge in [0, 0.05) is 17.9 Å². The lowest BCUT2D eigenvalue weighted by Gasteiger charge is -2.45. The molecular formula is C24H30N10O10P2S2. The highest BCUT2D eigenvalue weighted by atomic mass is 32.7. The second-order valence-corrected chi connectivity index (χ2v) is 17.8. The second kappa shape index (κ2) is 11.7. The Kier molecular flexibility index (Phi) is 7.96. The molecule has 8 N–H and O–H groups in total. The molecule has 2 saturated carbocycles. The average molecular weight is 745 g/mol. The molecule has 4 fully saturated rings. The first-order chi connectivity index (χ1) is 22.8. The topological polar surface area (TPSA) is 291 Å². The Labute approximate surface area is 279 Å². The van der Waals surface area contributed by atoms with Gasteiger partial charge in [-0.2, -0.15) is 4.98 Å². The number of rotatable bonds is 2. The summed E-state index contributed by atoms with van der Waals surface area (Å²) in [5.74, 6) is -1.60. The minimum atomic E-state index is -4.96. The number of nitrogens with zero attached hydrogens (tertiary/aromatic N) is 7. The number of hydrogen-bond acceptors (Lipinski definition) is 17. The number of phosphoric ester groups is 1. The van der Waals surface area contributed by atoms with E-state index < -0.39 is 86.3 Å². The van der Waals surface area contributed by atoms with Crippen LogP contribution in [-0.4, -0.2) is 97.0 Å². The monoisotopic (exact) mass is 744 g/mol. The number of aliphatic hydroxyl groups excluding tert-OH is 2. The minimum Gasteiger partial charge on any atom is -0.390 e. The van der Waals surface area contributed by atoms with Gasteiger partial charge in [0.2, 0.25) is 5.95 Å². The molecule has 20 nitrogen and oxygen atoms in total. The van der Waals surface area contributed by atoms with Crippen molar-refractivity contribution in [3.63, 3.8) is 0 Å². The fraction of sp³-hybridized carbons (Fsp3) is 0.583. The maximum Gasteiger partial charge on any atom is 0.472 e. The Morgan fingerprint density at radius 1 is 0.917 bits per heavy atom. The van der Waals surface area contributed by atoms with Gasteiger partial charge >= 0.3 is 14.6 Å². The van der Waals surface area contributed by atoms with E-state index in [4.69, 9.17) is 29.6 Å². The molecule has 12 atom stereocenters. The van der Waals surface area contributed by atoms with Gasteiger partial charge in [-0.3, -0.25) is 32.4 Å². The summed E-state index contributed by atoms with van der Waals surface area (Å²) in [7, 11) is -4.96. The molecule has 0 amide bonds. The molecule has 4 aliphatic rings. The Morgan fingerprint density at radius 2 is 1.67 bits per heavy atom. The number of nitrogens with two attached hydrogens (primary N) is 2. The molecule has 4 aromatic heterocycles. The van der Waals surface area contributed by atoms with Gasteiger partial charge < -0.3 is 31.1 Å². The van der Waals surface area contributed by atoms with E-state index in [0.29, 0.717) is 24.0 Å². The largest absolute Gasteiger partial charge is 0.472 e. The van der Waals surface area contributed by atoms with Crippen LogP contribution in [0.25, 0.3) is 22.3 Å². The number of imidazole rings is 2. The summed E-state index contributed by atoms with van der Waals surface area (Å²) in [4.78, 5) is 46.8. The lowest BCUT2D eigenvalue weighted by atomic mass is 9.73.